The summed E-state index contributed by atoms with van der Waals surface area (Å²) >= 11 is 0. The Balaban J connectivity index is 1.70. The molecule has 4 rings (SSSR count). The van der Waals surface area contributed by atoms with Gasteiger partial charge in [-0.15, -0.1) is 0 Å². The van der Waals surface area contributed by atoms with Crippen molar-refractivity contribution in [3.8, 4) is 17.0 Å². The van der Waals surface area contributed by atoms with Gasteiger partial charge in [-0.05, 0) is 43.2 Å². The minimum Gasteiger partial charge on any atom is -0.472 e. The van der Waals surface area contributed by atoms with Crippen LogP contribution in [0.2, 0.25) is 0 Å². The van der Waals surface area contributed by atoms with Crippen LogP contribution in [0.3, 0.4) is 0 Å². The smallest absolute Gasteiger partial charge is 0.259 e. The topological polar surface area (TPSA) is 95.9 Å². The molecule has 0 aliphatic carbocycles. The van der Waals surface area contributed by atoms with E-state index in [1.165, 1.54) is 0 Å². The highest BCUT2D eigenvalue weighted by molar-refractivity contribution is 5.98. The maximum absolute atomic E-state index is 13.7. The molecule has 8 nitrogen and oxygen atoms in total. The minimum atomic E-state index is -0.419. The number of carbonyl (C=O) groups excluding carboxylic acids is 2. The van der Waals surface area contributed by atoms with Crippen LogP contribution in [0, 0.1) is 12.8 Å². The molecule has 3 heterocycles. The third-order valence-corrected chi connectivity index (χ3v) is 6.70. The van der Waals surface area contributed by atoms with E-state index in [0.29, 0.717) is 24.2 Å². The molecule has 2 aromatic heterocycles. The van der Waals surface area contributed by atoms with Crippen LogP contribution in [-0.2, 0) is 0 Å². The maximum atomic E-state index is 13.7. The van der Waals surface area contributed by atoms with Crippen molar-refractivity contribution in [3.05, 3.63) is 77.7 Å². The number of hydrogen-bond acceptors (Lipinski definition) is 6. The Bertz CT molecular complexity index is 1230. The highest BCUT2D eigenvalue weighted by Crippen LogP contribution is 2.31. The Morgan fingerprint density at radius 2 is 1.94 bits per heavy atom. The van der Waals surface area contributed by atoms with Gasteiger partial charge in [-0.25, -0.2) is 4.98 Å². The van der Waals surface area contributed by atoms with Gasteiger partial charge in [-0.1, -0.05) is 31.2 Å². The molecule has 2 amide bonds. The number of pyridine rings is 2. The number of fused-ring (bicyclic) bond motifs is 1. The van der Waals surface area contributed by atoms with Gasteiger partial charge in [0.2, 0.25) is 5.88 Å². The molecule has 0 saturated carbocycles. The Labute approximate surface area is 211 Å². The lowest BCUT2D eigenvalue weighted by molar-refractivity contribution is 0.0313. The van der Waals surface area contributed by atoms with E-state index >= 15 is 0 Å². The summed E-state index contributed by atoms with van der Waals surface area (Å²) in [5.41, 5.74) is 3.75. The molecular weight excluding hydrogens is 456 g/mol. The second kappa shape index (κ2) is 10.9. The molecule has 36 heavy (non-hydrogen) atoms. The number of aromatic nitrogens is 2. The van der Waals surface area contributed by atoms with Crippen LogP contribution in [0.25, 0.3) is 11.1 Å². The summed E-state index contributed by atoms with van der Waals surface area (Å²) in [6, 6.07) is 12.7. The number of rotatable bonds is 6. The minimum absolute atomic E-state index is 0.123. The van der Waals surface area contributed by atoms with Crippen molar-refractivity contribution < 1.29 is 19.4 Å². The molecule has 0 spiro atoms. The molecule has 188 valence electrons. The molecule has 1 N–H and O–H groups in total. The summed E-state index contributed by atoms with van der Waals surface area (Å²) in [5, 5.41) is 9.88. The van der Waals surface area contributed by atoms with Gasteiger partial charge in [-0.2, -0.15) is 0 Å². The van der Waals surface area contributed by atoms with Gasteiger partial charge < -0.3 is 19.6 Å². The van der Waals surface area contributed by atoms with E-state index < -0.39 is 6.10 Å². The van der Waals surface area contributed by atoms with Crippen LogP contribution in [0.4, 0.5) is 0 Å². The van der Waals surface area contributed by atoms with E-state index in [-0.39, 0.29) is 36.3 Å². The molecule has 1 aliphatic heterocycles. The van der Waals surface area contributed by atoms with E-state index in [4.69, 9.17) is 4.74 Å². The SMILES string of the molecule is Cc1ccccc1-c1cnc2c(c1)C(=O)N([C@H](C)CO)C[C@H](C)[C@@H](CN(C)C(=O)c1ccncc1)O2. The highest BCUT2D eigenvalue weighted by atomic mass is 16.5. The standard InChI is InChI=1S/C28H32N4O4/c1-18-7-5-6-8-23(18)22-13-24-26(30-14-22)36-25(19(2)15-32(28(24)35)20(3)17-33)16-31(4)27(34)21-9-11-29-12-10-21/h5-14,19-20,25,33H,15-17H2,1-4H3/t19-,20+,25+/m0/s1. The first-order valence-electron chi connectivity index (χ1n) is 12.1. The van der Waals surface area contributed by atoms with Gasteiger partial charge in [0, 0.05) is 49.2 Å². The van der Waals surface area contributed by atoms with E-state index in [2.05, 4.69) is 9.97 Å². The second-order valence-corrected chi connectivity index (χ2v) is 9.44. The largest absolute Gasteiger partial charge is 0.472 e. The summed E-state index contributed by atoms with van der Waals surface area (Å²) in [5.74, 6) is -0.272. The van der Waals surface area contributed by atoms with E-state index in [9.17, 15) is 14.7 Å². The number of aryl methyl sites for hydroxylation is 1. The zero-order chi connectivity index (χ0) is 25.8. The summed E-state index contributed by atoms with van der Waals surface area (Å²) in [6.07, 6.45) is 4.46. The fraction of sp³-hybridized carbons (Fsp3) is 0.357. The average molecular weight is 489 g/mol. The van der Waals surface area contributed by atoms with E-state index in [1.54, 1.807) is 47.6 Å². The van der Waals surface area contributed by atoms with Crippen LogP contribution in [0.5, 0.6) is 5.88 Å². The van der Waals surface area contributed by atoms with Crippen LogP contribution >= 0.6 is 0 Å². The molecule has 1 aliphatic rings. The Morgan fingerprint density at radius 3 is 2.64 bits per heavy atom. The molecule has 3 atom stereocenters. The number of nitrogens with zero attached hydrogens (tertiary/aromatic N) is 4. The quantitative estimate of drug-likeness (QED) is 0.571. The van der Waals surface area contributed by atoms with Gasteiger partial charge in [0.05, 0.1) is 19.2 Å². The summed E-state index contributed by atoms with van der Waals surface area (Å²) < 4.78 is 6.33. The number of benzene rings is 1. The normalized spacial score (nSPS) is 18.5. The van der Waals surface area contributed by atoms with Crippen molar-refractivity contribution in [2.24, 2.45) is 5.92 Å². The summed E-state index contributed by atoms with van der Waals surface area (Å²) in [6.45, 7) is 6.32. The lowest BCUT2D eigenvalue weighted by Crippen LogP contribution is -2.50. The number of likely N-dealkylation sites (N-methyl/N-ethyl adjacent to an activating group) is 1. The number of carbonyl (C=O) groups is 2. The molecule has 0 bridgehead atoms. The Hall–Kier alpha value is -3.78. The van der Waals surface area contributed by atoms with Crippen LogP contribution in [0.1, 0.15) is 40.1 Å². The van der Waals surface area contributed by atoms with Gasteiger partial charge >= 0.3 is 0 Å². The van der Waals surface area contributed by atoms with Crippen molar-refractivity contribution in [2.75, 3.05) is 26.7 Å². The number of ether oxygens (including phenoxy) is 1. The summed E-state index contributed by atoms with van der Waals surface area (Å²) in [4.78, 5) is 38.4. The van der Waals surface area contributed by atoms with Crippen molar-refractivity contribution in [1.82, 2.24) is 19.8 Å². The van der Waals surface area contributed by atoms with E-state index in [0.717, 1.165) is 16.7 Å². The third-order valence-electron chi connectivity index (χ3n) is 6.70. The first-order chi connectivity index (χ1) is 17.3. The predicted molar refractivity (Wildman–Crippen MR) is 137 cm³/mol. The first-order valence-corrected chi connectivity index (χ1v) is 12.1. The summed E-state index contributed by atoms with van der Waals surface area (Å²) in [7, 11) is 1.73. The first kappa shape index (κ1) is 25.3. The average Bonchev–Trinajstić information content (AvgIpc) is 2.90. The van der Waals surface area contributed by atoms with Crippen molar-refractivity contribution in [2.45, 2.75) is 32.9 Å². The monoisotopic (exact) mass is 488 g/mol. The number of hydrogen-bond donors (Lipinski definition) is 1. The van der Waals surface area contributed by atoms with Crippen LogP contribution < -0.4 is 4.74 Å². The molecule has 3 aromatic rings. The molecule has 0 fully saturated rings. The van der Waals surface area contributed by atoms with Crippen molar-refractivity contribution in [3.63, 3.8) is 0 Å². The second-order valence-electron chi connectivity index (χ2n) is 9.44. The highest BCUT2D eigenvalue weighted by Gasteiger charge is 2.35. The van der Waals surface area contributed by atoms with Gasteiger partial charge in [0.15, 0.2) is 0 Å². The third kappa shape index (κ3) is 5.23. The molecule has 0 unspecified atom stereocenters. The van der Waals surface area contributed by atoms with Gasteiger partial charge in [0.25, 0.3) is 11.8 Å². The van der Waals surface area contributed by atoms with Crippen LogP contribution in [-0.4, -0.2) is 75.6 Å². The van der Waals surface area contributed by atoms with E-state index in [1.807, 2.05) is 51.1 Å². The fourth-order valence-corrected chi connectivity index (χ4v) is 4.43. The van der Waals surface area contributed by atoms with Gasteiger partial charge in [0.1, 0.15) is 11.7 Å². The van der Waals surface area contributed by atoms with Crippen molar-refractivity contribution in [1.29, 1.82) is 0 Å². The Morgan fingerprint density at radius 1 is 1.22 bits per heavy atom. The maximum Gasteiger partial charge on any atom is 0.259 e. The molecule has 1 aromatic carbocycles. The van der Waals surface area contributed by atoms with Crippen molar-refractivity contribution >= 4 is 11.8 Å². The molecular formula is C28H32N4O4. The zero-order valence-electron chi connectivity index (χ0n) is 21.1. The van der Waals surface area contributed by atoms with Gasteiger partial charge in [-0.3, -0.25) is 14.6 Å². The Kier molecular flexibility index (Phi) is 7.64. The molecule has 0 radical (unpaired) electrons. The predicted octanol–water partition coefficient (Wildman–Crippen LogP) is 3.44. The molecule has 8 heteroatoms. The molecule has 0 saturated heterocycles. The lowest BCUT2D eigenvalue weighted by Gasteiger charge is -2.37. The fourth-order valence-electron chi connectivity index (χ4n) is 4.43. The lowest BCUT2D eigenvalue weighted by atomic mass is 9.98. The number of aliphatic hydroxyl groups is 1. The van der Waals surface area contributed by atoms with Crippen LogP contribution in [0.15, 0.2) is 61.1 Å². The number of aliphatic hydroxyl groups excluding tert-OH is 1. The number of amides is 2. The zero-order valence-corrected chi connectivity index (χ0v) is 21.1.